The molecule has 0 amide bonds. The summed E-state index contributed by atoms with van der Waals surface area (Å²) in [7, 11) is 1.66. The van der Waals surface area contributed by atoms with E-state index in [1.807, 2.05) is 24.3 Å². The van der Waals surface area contributed by atoms with E-state index in [0.29, 0.717) is 11.4 Å². The molecule has 19 heavy (non-hydrogen) atoms. The first-order chi connectivity index (χ1) is 9.10. The molecule has 100 valence electrons. The minimum absolute atomic E-state index is 0.0627. The summed E-state index contributed by atoms with van der Waals surface area (Å²) in [5, 5.41) is 0.701. The van der Waals surface area contributed by atoms with Crippen LogP contribution in [0, 0.1) is 6.92 Å². The summed E-state index contributed by atoms with van der Waals surface area (Å²) >= 11 is 6.03. The molecule has 2 aromatic rings. The van der Waals surface area contributed by atoms with Crippen LogP contribution in [0.5, 0.6) is 5.75 Å². The molecule has 2 nitrogen and oxygen atoms in total. The number of hydrogen-bond acceptors (Lipinski definition) is 2. The zero-order valence-electron chi connectivity index (χ0n) is 11.2. The first-order valence-corrected chi connectivity index (χ1v) is 6.62. The molecule has 3 heteroatoms. The van der Waals surface area contributed by atoms with Crippen LogP contribution in [0.2, 0.25) is 5.02 Å². The van der Waals surface area contributed by atoms with Crippen LogP contribution in [0.25, 0.3) is 0 Å². The monoisotopic (exact) mass is 275 g/mol. The molecule has 0 spiro atoms. The number of halogens is 1. The van der Waals surface area contributed by atoms with Gasteiger partial charge in [-0.25, -0.2) is 0 Å². The standard InChI is InChI=1S/C16H18ClNO/c1-11-4-3-5-12(8-11)15(18)10-13-9-14(17)6-7-16(13)19-2/h3-9,15H,10,18H2,1-2H3. The quantitative estimate of drug-likeness (QED) is 0.918. The lowest BCUT2D eigenvalue weighted by atomic mass is 9.98. The summed E-state index contributed by atoms with van der Waals surface area (Å²) < 4.78 is 5.35. The van der Waals surface area contributed by atoms with Gasteiger partial charge < -0.3 is 10.5 Å². The topological polar surface area (TPSA) is 35.2 Å². The molecule has 2 rings (SSSR count). The molecule has 0 aliphatic heterocycles. The van der Waals surface area contributed by atoms with Gasteiger partial charge in [-0.15, -0.1) is 0 Å². The molecule has 0 aromatic heterocycles. The molecule has 0 saturated carbocycles. The molecule has 0 radical (unpaired) electrons. The lowest BCUT2D eigenvalue weighted by Gasteiger charge is -2.15. The highest BCUT2D eigenvalue weighted by atomic mass is 35.5. The van der Waals surface area contributed by atoms with Crippen molar-refractivity contribution in [3.63, 3.8) is 0 Å². The van der Waals surface area contributed by atoms with Gasteiger partial charge >= 0.3 is 0 Å². The van der Waals surface area contributed by atoms with E-state index in [1.165, 1.54) is 5.56 Å². The third-order valence-corrected chi connectivity index (χ3v) is 3.39. The number of ether oxygens (including phenoxy) is 1. The van der Waals surface area contributed by atoms with Crippen molar-refractivity contribution in [2.45, 2.75) is 19.4 Å². The number of nitrogens with two attached hydrogens (primary N) is 1. The van der Waals surface area contributed by atoms with Crippen molar-refractivity contribution in [3.05, 3.63) is 64.2 Å². The van der Waals surface area contributed by atoms with Crippen LogP contribution >= 0.6 is 11.6 Å². The lowest BCUT2D eigenvalue weighted by molar-refractivity contribution is 0.408. The van der Waals surface area contributed by atoms with Gasteiger partial charge in [-0.1, -0.05) is 41.4 Å². The van der Waals surface area contributed by atoms with Gasteiger partial charge in [-0.3, -0.25) is 0 Å². The maximum absolute atomic E-state index is 6.27. The average Bonchev–Trinajstić information content (AvgIpc) is 2.39. The largest absolute Gasteiger partial charge is 0.496 e. The molecule has 2 N–H and O–H groups in total. The Labute approximate surface area is 119 Å². The smallest absolute Gasteiger partial charge is 0.122 e. The zero-order chi connectivity index (χ0) is 13.8. The van der Waals surface area contributed by atoms with Crippen molar-refractivity contribution < 1.29 is 4.74 Å². The fourth-order valence-electron chi connectivity index (χ4n) is 2.16. The van der Waals surface area contributed by atoms with E-state index < -0.39 is 0 Å². The fraction of sp³-hybridized carbons (Fsp3) is 0.250. The molecule has 1 atom stereocenters. The normalized spacial score (nSPS) is 12.2. The minimum Gasteiger partial charge on any atom is -0.496 e. The Morgan fingerprint density at radius 3 is 2.68 bits per heavy atom. The molecule has 2 aromatic carbocycles. The number of hydrogen-bond donors (Lipinski definition) is 1. The van der Waals surface area contributed by atoms with E-state index in [-0.39, 0.29) is 6.04 Å². The Morgan fingerprint density at radius 1 is 1.21 bits per heavy atom. The highest BCUT2D eigenvalue weighted by molar-refractivity contribution is 6.30. The highest BCUT2D eigenvalue weighted by Crippen LogP contribution is 2.27. The minimum atomic E-state index is -0.0627. The first kappa shape index (κ1) is 13.9. The molecule has 0 aliphatic rings. The van der Waals surface area contributed by atoms with Gasteiger partial charge in [0.2, 0.25) is 0 Å². The van der Waals surface area contributed by atoms with Crippen molar-refractivity contribution in [3.8, 4) is 5.75 Å². The summed E-state index contributed by atoms with van der Waals surface area (Å²) in [6.45, 7) is 2.07. The van der Waals surface area contributed by atoms with Crippen LogP contribution in [0.15, 0.2) is 42.5 Å². The van der Waals surface area contributed by atoms with E-state index in [0.717, 1.165) is 16.9 Å². The van der Waals surface area contributed by atoms with Gasteiger partial charge in [0.1, 0.15) is 5.75 Å². The predicted octanol–water partition coefficient (Wildman–Crippen LogP) is 3.90. The second kappa shape index (κ2) is 6.09. The number of rotatable bonds is 4. The molecule has 0 bridgehead atoms. The van der Waals surface area contributed by atoms with Gasteiger partial charge in [-0.05, 0) is 42.7 Å². The van der Waals surface area contributed by atoms with Gasteiger partial charge in [0.25, 0.3) is 0 Å². The fourth-order valence-corrected chi connectivity index (χ4v) is 2.36. The highest BCUT2D eigenvalue weighted by Gasteiger charge is 2.11. The third-order valence-electron chi connectivity index (χ3n) is 3.15. The SMILES string of the molecule is COc1ccc(Cl)cc1CC(N)c1cccc(C)c1. The van der Waals surface area contributed by atoms with Gasteiger partial charge in [0.15, 0.2) is 0 Å². The van der Waals surface area contributed by atoms with Crippen molar-refractivity contribution in [2.24, 2.45) is 5.73 Å². The second-order valence-corrected chi connectivity index (χ2v) is 5.12. The Bertz CT molecular complexity index is 568. The lowest BCUT2D eigenvalue weighted by Crippen LogP contribution is -2.14. The van der Waals surface area contributed by atoms with Crippen molar-refractivity contribution in [1.29, 1.82) is 0 Å². The molecule has 0 saturated heterocycles. The zero-order valence-corrected chi connectivity index (χ0v) is 11.9. The summed E-state index contributed by atoms with van der Waals surface area (Å²) in [5.74, 6) is 0.826. The molecular weight excluding hydrogens is 258 g/mol. The van der Waals surface area contributed by atoms with Crippen molar-refractivity contribution in [1.82, 2.24) is 0 Å². The first-order valence-electron chi connectivity index (χ1n) is 6.24. The Balaban J connectivity index is 2.23. The van der Waals surface area contributed by atoms with E-state index in [4.69, 9.17) is 22.1 Å². The third kappa shape index (κ3) is 3.49. The molecule has 1 unspecified atom stereocenters. The van der Waals surface area contributed by atoms with Gasteiger partial charge in [0.05, 0.1) is 7.11 Å². The van der Waals surface area contributed by atoms with Crippen LogP contribution in [0.4, 0.5) is 0 Å². The number of aryl methyl sites for hydroxylation is 1. The maximum Gasteiger partial charge on any atom is 0.122 e. The van der Waals surface area contributed by atoms with Crippen molar-refractivity contribution >= 4 is 11.6 Å². The van der Waals surface area contributed by atoms with E-state index in [1.54, 1.807) is 7.11 Å². The summed E-state index contributed by atoms with van der Waals surface area (Å²) in [5.41, 5.74) is 9.64. The predicted molar refractivity (Wildman–Crippen MR) is 79.8 cm³/mol. The molecular formula is C16H18ClNO. The molecule has 0 heterocycles. The Hall–Kier alpha value is -1.51. The van der Waals surface area contributed by atoms with Crippen LogP contribution in [0.1, 0.15) is 22.7 Å². The summed E-state index contributed by atoms with van der Waals surface area (Å²) in [6, 6.07) is 13.8. The molecule has 0 fully saturated rings. The number of benzene rings is 2. The number of methoxy groups -OCH3 is 1. The van der Waals surface area contributed by atoms with E-state index in [9.17, 15) is 0 Å². The Kier molecular flexibility index (Phi) is 4.46. The van der Waals surface area contributed by atoms with Crippen LogP contribution in [-0.2, 0) is 6.42 Å². The van der Waals surface area contributed by atoms with Crippen LogP contribution in [0.3, 0.4) is 0 Å². The van der Waals surface area contributed by atoms with Gasteiger partial charge in [0, 0.05) is 11.1 Å². The van der Waals surface area contributed by atoms with Gasteiger partial charge in [-0.2, -0.15) is 0 Å². The average molecular weight is 276 g/mol. The summed E-state index contributed by atoms with van der Waals surface area (Å²) in [6.07, 6.45) is 0.702. The maximum atomic E-state index is 6.27. The van der Waals surface area contributed by atoms with Crippen LogP contribution < -0.4 is 10.5 Å². The van der Waals surface area contributed by atoms with E-state index in [2.05, 4.69) is 25.1 Å². The van der Waals surface area contributed by atoms with Crippen LogP contribution in [-0.4, -0.2) is 7.11 Å². The molecule has 0 aliphatic carbocycles. The Morgan fingerprint density at radius 2 is 2.00 bits per heavy atom. The van der Waals surface area contributed by atoms with E-state index >= 15 is 0 Å². The summed E-state index contributed by atoms with van der Waals surface area (Å²) in [4.78, 5) is 0. The van der Waals surface area contributed by atoms with Crippen molar-refractivity contribution in [2.75, 3.05) is 7.11 Å². The second-order valence-electron chi connectivity index (χ2n) is 4.68.